The summed E-state index contributed by atoms with van der Waals surface area (Å²) in [7, 11) is 0. The van der Waals surface area contributed by atoms with Gasteiger partial charge in [-0.3, -0.25) is 0 Å². The van der Waals surface area contributed by atoms with Crippen molar-refractivity contribution in [3.8, 4) is 85.2 Å². The molecule has 7 aromatic rings. The summed E-state index contributed by atoms with van der Waals surface area (Å²) in [5.74, 6) is 3.28. The number of para-hydroxylation sites is 1. The molecule has 0 amide bonds. The second-order valence-electron chi connectivity index (χ2n) is 12.9. The monoisotopic (exact) mass is 631 g/mol. The molecule has 0 bridgehead atoms. The lowest BCUT2D eigenvalue weighted by Gasteiger charge is -2.26. The summed E-state index contributed by atoms with van der Waals surface area (Å²) in [6, 6.07) is 48.8. The van der Waals surface area contributed by atoms with E-state index >= 15 is 0 Å². The van der Waals surface area contributed by atoms with E-state index in [-0.39, 0.29) is 5.41 Å². The van der Waals surface area contributed by atoms with Crippen molar-refractivity contribution in [2.45, 2.75) is 19.3 Å². The summed E-state index contributed by atoms with van der Waals surface area (Å²) in [5.41, 5.74) is 11.3. The Morgan fingerprint density at radius 2 is 1.20 bits per heavy atom. The van der Waals surface area contributed by atoms with Gasteiger partial charge >= 0.3 is 0 Å². The Labute approximate surface area is 284 Å². The molecule has 232 valence electrons. The molecule has 1 aliphatic heterocycles. The predicted octanol–water partition coefficient (Wildman–Crippen LogP) is 11.2. The third kappa shape index (κ3) is 4.69. The van der Waals surface area contributed by atoms with Crippen LogP contribution in [-0.4, -0.2) is 9.97 Å². The van der Waals surface area contributed by atoms with Gasteiger partial charge in [0.1, 0.15) is 0 Å². The molecule has 1 aromatic heterocycles. The number of nitrogens with zero attached hydrogens (tertiary/aromatic N) is 3. The highest BCUT2D eigenvalue weighted by molar-refractivity contribution is 5.89. The van der Waals surface area contributed by atoms with Crippen molar-refractivity contribution < 1.29 is 9.47 Å². The Bertz CT molecular complexity index is 2490. The van der Waals surface area contributed by atoms with Crippen LogP contribution in [-0.2, 0) is 5.41 Å². The van der Waals surface area contributed by atoms with Gasteiger partial charge in [-0.25, -0.2) is 9.97 Å². The van der Waals surface area contributed by atoms with Gasteiger partial charge in [-0.2, -0.15) is 5.26 Å². The zero-order chi connectivity index (χ0) is 33.1. The second-order valence-corrected chi connectivity index (χ2v) is 12.9. The number of rotatable bonds is 4. The Kier molecular flexibility index (Phi) is 6.47. The number of hydrogen-bond acceptors (Lipinski definition) is 5. The normalized spacial score (nSPS) is 13.2. The van der Waals surface area contributed by atoms with E-state index in [9.17, 15) is 5.26 Å². The lowest BCUT2D eigenvalue weighted by atomic mass is 9.82. The fourth-order valence-corrected chi connectivity index (χ4v) is 7.12. The highest BCUT2D eigenvalue weighted by Gasteiger charge is 2.40. The maximum absolute atomic E-state index is 9.48. The third-order valence-corrected chi connectivity index (χ3v) is 9.59. The topological polar surface area (TPSA) is 68.0 Å². The van der Waals surface area contributed by atoms with Crippen molar-refractivity contribution in [1.82, 2.24) is 9.97 Å². The summed E-state index contributed by atoms with van der Waals surface area (Å²) >= 11 is 0. The molecule has 1 aliphatic carbocycles. The molecule has 49 heavy (non-hydrogen) atoms. The molecule has 0 radical (unpaired) electrons. The summed E-state index contributed by atoms with van der Waals surface area (Å²) in [6.07, 6.45) is 0. The second kappa shape index (κ2) is 11.0. The number of aromatic nitrogens is 2. The minimum Gasteiger partial charge on any atom is -0.449 e. The number of ether oxygens (including phenoxy) is 2. The number of hydrogen-bond donors (Lipinski definition) is 0. The Morgan fingerprint density at radius 3 is 2.06 bits per heavy atom. The Hall–Kier alpha value is -6.51. The van der Waals surface area contributed by atoms with Crippen LogP contribution in [0, 0.1) is 11.3 Å². The van der Waals surface area contributed by atoms with Crippen LogP contribution in [0.5, 0.6) is 23.0 Å². The first-order chi connectivity index (χ1) is 24.0. The molecule has 5 nitrogen and oxygen atoms in total. The van der Waals surface area contributed by atoms with Crippen LogP contribution in [0.3, 0.4) is 0 Å². The number of nitriles is 1. The Morgan fingerprint density at radius 1 is 0.531 bits per heavy atom. The van der Waals surface area contributed by atoms with Crippen LogP contribution in [0.4, 0.5) is 0 Å². The van der Waals surface area contributed by atoms with E-state index in [1.54, 1.807) is 0 Å². The fourth-order valence-electron chi connectivity index (χ4n) is 7.12. The predicted molar refractivity (Wildman–Crippen MR) is 193 cm³/mol. The summed E-state index contributed by atoms with van der Waals surface area (Å²) in [6.45, 7) is 4.52. The van der Waals surface area contributed by atoms with Crippen molar-refractivity contribution in [2.24, 2.45) is 0 Å². The van der Waals surface area contributed by atoms with E-state index in [2.05, 4.69) is 62.4 Å². The van der Waals surface area contributed by atoms with Crippen LogP contribution in [0.25, 0.3) is 56.2 Å². The molecule has 0 unspecified atom stereocenters. The smallest absolute Gasteiger partial charge is 0.179 e. The highest BCUT2D eigenvalue weighted by Crippen LogP contribution is 2.59. The molecular formula is C44H29N3O2. The van der Waals surface area contributed by atoms with Gasteiger partial charge in [0.05, 0.1) is 23.0 Å². The van der Waals surface area contributed by atoms with Gasteiger partial charge < -0.3 is 9.47 Å². The lowest BCUT2D eigenvalue weighted by molar-refractivity contribution is 0.361. The SMILES string of the molecule is CC1(C)c2ccccc2-c2c1ccc1c2Oc2c(cccc2-c2cc(-c3cccc(-c4cccc(C#N)c4)c3)nc(-c3ccccc3)n2)O1. The average Bonchev–Trinajstić information content (AvgIpc) is 3.40. The average molecular weight is 632 g/mol. The maximum Gasteiger partial charge on any atom is 0.179 e. The molecule has 0 spiro atoms. The van der Waals surface area contributed by atoms with Crippen molar-refractivity contribution in [3.63, 3.8) is 0 Å². The zero-order valence-corrected chi connectivity index (χ0v) is 26.9. The highest BCUT2D eigenvalue weighted by atomic mass is 16.6. The zero-order valence-electron chi connectivity index (χ0n) is 26.9. The van der Waals surface area contributed by atoms with Gasteiger partial charge in [-0.05, 0) is 70.3 Å². The summed E-state index contributed by atoms with van der Waals surface area (Å²) in [5, 5.41) is 9.48. The standard InChI is InChI=1S/C44H29N3O2/c1-44(2)34-19-7-6-17-32(34)40-35(44)21-22-39-42(40)49-41-33(18-10-20-38(41)48-39)37-25-36(46-43(47-37)28-12-4-3-5-13-28)31-16-9-15-30(24-31)29-14-8-11-27(23-29)26-45/h3-25H,1-2H3. The van der Waals surface area contributed by atoms with E-state index in [0.717, 1.165) is 50.5 Å². The van der Waals surface area contributed by atoms with Crippen molar-refractivity contribution in [3.05, 3.63) is 156 Å². The van der Waals surface area contributed by atoms with Crippen LogP contribution in [0.15, 0.2) is 140 Å². The minimum atomic E-state index is -0.166. The van der Waals surface area contributed by atoms with Gasteiger partial charge in [0.15, 0.2) is 28.8 Å². The van der Waals surface area contributed by atoms with Gasteiger partial charge in [0.2, 0.25) is 0 Å². The van der Waals surface area contributed by atoms with E-state index in [1.807, 2.05) is 97.1 Å². The first kappa shape index (κ1) is 28.7. The van der Waals surface area contributed by atoms with E-state index < -0.39 is 0 Å². The van der Waals surface area contributed by atoms with Gasteiger partial charge in [-0.1, -0.05) is 111 Å². The molecule has 0 N–H and O–H groups in total. The molecule has 0 saturated carbocycles. The number of fused-ring (bicyclic) bond motifs is 6. The summed E-state index contributed by atoms with van der Waals surface area (Å²) < 4.78 is 13.5. The molecule has 0 atom stereocenters. The minimum absolute atomic E-state index is 0.166. The first-order valence-electron chi connectivity index (χ1n) is 16.3. The van der Waals surface area contributed by atoms with Crippen LogP contribution >= 0.6 is 0 Å². The first-order valence-corrected chi connectivity index (χ1v) is 16.3. The largest absolute Gasteiger partial charge is 0.449 e. The molecule has 2 aliphatic rings. The van der Waals surface area contributed by atoms with Crippen molar-refractivity contribution >= 4 is 0 Å². The molecule has 9 rings (SSSR count). The Balaban J connectivity index is 1.20. The van der Waals surface area contributed by atoms with Crippen LogP contribution in [0.1, 0.15) is 30.5 Å². The third-order valence-electron chi connectivity index (χ3n) is 9.59. The van der Waals surface area contributed by atoms with Gasteiger partial charge in [0.25, 0.3) is 0 Å². The van der Waals surface area contributed by atoms with Crippen LogP contribution in [0.2, 0.25) is 0 Å². The van der Waals surface area contributed by atoms with E-state index in [0.29, 0.717) is 28.6 Å². The van der Waals surface area contributed by atoms with Gasteiger partial charge in [0, 0.05) is 27.7 Å². The van der Waals surface area contributed by atoms with Gasteiger partial charge in [-0.15, -0.1) is 0 Å². The molecule has 0 fully saturated rings. The molecule has 0 saturated heterocycles. The van der Waals surface area contributed by atoms with E-state index in [1.165, 1.54) is 16.7 Å². The maximum atomic E-state index is 9.48. The number of benzene rings is 6. The molecule has 2 heterocycles. The molecular weight excluding hydrogens is 603 g/mol. The fraction of sp³-hybridized carbons (Fsp3) is 0.0682. The van der Waals surface area contributed by atoms with Crippen molar-refractivity contribution in [2.75, 3.05) is 0 Å². The lowest BCUT2D eigenvalue weighted by Crippen LogP contribution is -2.15. The quantitative estimate of drug-likeness (QED) is 0.193. The van der Waals surface area contributed by atoms with Crippen LogP contribution < -0.4 is 9.47 Å². The molecule has 6 aromatic carbocycles. The molecule has 5 heteroatoms. The van der Waals surface area contributed by atoms with E-state index in [4.69, 9.17) is 19.4 Å². The van der Waals surface area contributed by atoms with Crippen molar-refractivity contribution in [1.29, 1.82) is 5.26 Å². The summed E-state index contributed by atoms with van der Waals surface area (Å²) in [4.78, 5) is 10.2.